The van der Waals surface area contributed by atoms with Gasteiger partial charge in [-0.1, -0.05) is 39.0 Å². The Balaban J connectivity index is 1.52. The number of fused-ring (bicyclic) bond motifs is 3. The van der Waals surface area contributed by atoms with E-state index in [1.807, 2.05) is 30.0 Å². The fourth-order valence-electron chi connectivity index (χ4n) is 5.09. The molecule has 1 aliphatic heterocycles. The van der Waals surface area contributed by atoms with Crippen molar-refractivity contribution in [3.05, 3.63) is 42.5 Å². The summed E-state index contributed by atoms with van der Waals surface area (Å²) in [6.07, 6.45) is 4.52. The first kappa shape index (κ1) is 18.1. The van der Waals surface area contributed by atoms with Gasteiger partial charge in [0.05, 0.1) is 10.6 Å². The van der Waals surface area contributed by atoms with Crippen LogP contribution in [0.25, 0.3) is 21.9 Å². The van der Waals surface area contributed by atoms with Crippen molar-refractivity contribution < 1.29 is 9.21 Å². The normalized spacial score (nSPS) is 26.0. The summed E-state index contributed by atoms with van der Waals surface area (Å²) in [6, 6.07) is 14.4. The van der Waals surface area contributed by atoms with E-state index in [1.54, 1.807) is 0 Å². The molecule has 1 amide bonds. The smallest absolute Gasteiger partial charge is 0.238 e. The van der Waals surface area contributed by atoms with Crippen molar-refractivity contribution >= 4 is 45.3 Å². The Morgan fingerprint density at radius 3 is 2.50 bits per heavy atom. The third-order valence-corrected chi connectivity index (χ3v) is 8.25. The molecule has 0 atom stereocenters. The van der Waals surface area contributed by atoms with Crippen molar-refractivity contribution in [1.82, 2.24) is 0 Å². The van der Waals surface area contributed by atoms with Crippen LogP contribution in [0.3, 0.4) is 0 Å². The van der Waals surface area contributed by atoms with Crippen LogP contribution >= 0.6 is 11.8 Å². The number of hydrogen-bond donors (Lipinski definition) is 0. The molecule has 5 rings (SSSR count). The lowest BCUT2D eigenvalue weighted by molar-refractivity contribution is -0.116. The highest BCUT2D eigenvalue weighted by Gasteiger charge is 2.49. The molecule has 1 aromatic heterocycles. The summed E-state index contributed by atoms with van der Waals surface area (Å²) in [5.74, 6) is 1.54. The standard InChI is InChI=1S/C24H27NO2S/c1-23(2,3)16-10-12-24(13-11-16)25(22(26)15-28-24)17-8-9-19-18-6-4-5-7-20(18)27-21(19)14-17/h4-9,14,16H,10-13,15H2,1-3H3. The number of benzene rings is 2. The zero-order chi connectivity index (χ0) is 19.5. The Labute approximate surface area is 170 Å². The molecule has 1 saturated carbocycles. The van der Waals surface area contributed by atoms with Crippen LogP contribution in [0.5, 0.6) is 0 Å². The van der Waals surface area contributed by atoms with Crippen molar-refractivity contribution in [3.63, 3.8) is 0 Å². The van der Waals surface area contributed by atoms with Gasteiger partial charge < -0.3 is 4.42 Å². The number of carbonyl (C=O) groups is 1. The van der Waals surface area contributed by atoms with Crippen LogP contribution in [0.1, 0.15) is 46.5 Å². The molecule has 0 N–H and O–H groups in total. The molecule has 3 aromatic rings. The van der Waals surface area contributed by atoms with E-state index < -0.39 is 0 Å². The second-order valence-corrected chi connectivity index (χ2v) is 10.7. The lowest BCUT2D eigenvalue weighted by Gasteiger charge is -2.45. The molecule has 3 nitrogen and oxygen atoms in total. The fraction of sp³-hybridized carbons (Fsp3) is 0.458. The van der Waals surface area contributed by atoms with Gasteiger partial charge >= 0.3 is 0 Å². The molecule has 2 aliphatic rings. The van der Waals surface area contributed by atoms with E-state index in [4.69, 9.17) is 4.42 Å². The summed E-state index contributed by atoms with van der Waals surface area (Å²) < 4.78 is 6.08. The highest BCUT2D eigenvalue weighted by atomic mass is 32.2. The number of carbonyl (C=O) groups excluding carboxylic acids is 1. The van der Waals surface area contributed by atoms with E-state index >= 15 is 0 Å². The zero-order valence-corrected chi connectivity index (χ0v) is 17.6. The molecule has 28 heavy (non-hydrogen) atoms. The average molecular weight is 394 g/mol. The van der Waals surface area contributed by atoms with Crippen LogP contribution in [0.15, 0.2) is 46.9 Å². The van der Waals surface area contributed by atoms with Gasteiger partial charge in [-0.15, -0.1) is 11.8 Å². The van der Waals surface area contributed by atoms with Crippen LogP contribution in [0.2, 0.25) is 0 Å². The van der Waals surface area contributed by atoms with E-state index in [0.29, 0.717) is 11.2 Å². The number of para-hydroxylation sites is 1. The maximum absolute atomic E-state index is 12.9. The Morgan fingerprint density at radius 1 is 1.04 bits per heavy atom. The van der Waals surface area contributed by atoms with Gasteiger partial charge in [-0.25, -0.2) is 0 Å². The second kappa shape index (κ2) is 6.28. The molecule has 0 unspecified atom stereocenters. The minimum atomic E-state index is -0.0848. The number of hydrogen-bond acceptors (Lipinski definition) is 3. The van der Waals surface area contributed by atoms with Crippen LogP contribution in [-0.2, 0) is 4.79 Å². The molecule has 2 aromatic carbocycles. The largest absolute Gasteiger partial charge is 0.456 e. The number of rotatable bonds is 1. The van der Waals surface area contributed by atoms with Crippen molar-refractivity contribution in [1.29, 1.82) is 0 Å². The summed E-state index contributed by atoms with van der Waals surface area (Å²) in [5, 5.41) is 2.25. The summed E-state index contributed by atoms with van der Waals surface area (Å²) in [6.45, 7) is 7.03. The first-order valence-corrected chi connectivity index (χ1v) is 11.2. The van der Waals surface area contributed by atoms with Gasteiger partial charge in [-0.05, 0) is 55.2 Å². The van der Waals surface area contributed by atoms with Crippen molar-refractivity contribution in [2.24, 2.45) is 11.3 Å². The summed E-state index contributed by atoms with van der Waals surface area (Å²) in [7, 11) is 0. The Morgan fingerprint density at radius 2 is 1.75 bits per heavy atom. The molecule has 1 saturated heterocycles. The minimum Gasteiger partial charge on any atom is -0.456 e. The first-order valence-electron chi connectivity index (χ1n) is 10.3. The van der Waals surface area contributed by atoms with Gasteiger partial charge in [0.15, 0.2) is 0 Å². The number of amides is 1. The number of nitrogens with zero attached hydrogens (tertiary/aromatic N) is 1. The van der Waals surface area contributed by atoms with Crippen molar-refractivity contribution in [2.45, 2.75) is 51.3 Å². The maximum atomic E-state index is 12.9. The van der Waals surface area contributed by atoms with Crippen LogP contribution < -0.4 is 4.90 Å². The molecule has 4 heteroatoms. The zero-order valence-electron chi connectivity index (χ0n) is 16.8. The van der Waals surface area contributed by atoms with Crippen LogP contribution in [0.4, 0.5) is 5.69 Å². The summed E-state index contributed by atoms with van der Waals surface area (Å²) in [5.41, 5.74) is 3.09. The van der Waals surface area contributed by atoms with E-state index in [-0.39, 0.29) is 10.8 Å². The predicted octanol–water partition coefficient (Wildman–Crippen LogP) is 6.60. The molecular weight excluding hydrogens is 366 g/mol. The number of anilines is 1. The lowest BCUT2D eigenvalue weighted by atomic mass is 9.71. The van der Waals surface area contributed by atoms with Gasteiger partial charge in [-0.2, -0.15) is 0 Å². The van der Waals surface area contributed by atoms with Crippen LogP contribution in [0, 0.1) is 11.3 Å². The number of furan rings is 1. The molecule has 2 fully saturated rings. The van der Waals surface area contributed by atoms with Gasteiger partial charge in [0.25, 0.3) is 0 Å². The minimum absolute atomic E-state index is 0.0848. The average Bonchev–Trinajstić information content (AvgIpc) is 3.18. The van der Waals surface area contributed by atoms with E-state index in [1.165, 1.54) is 12.8 Å². The molecule has 0 radical (unpaired) electrons. The molecule has 146 valence electrons. The van der Waals surface area contributed by atoms with Crippen LogP contribution in [-0.4, -0.2) is 16.5 Å². The van der Waals surface area contributed by atoms with E-state index in [9.17, 15) is 4.79 Å². The summed E-state index contributed by atoms with van der Waals surface area (Å²) in [4.78, 5) is 14.9. The molecule has 1 spiro atoms. The predicted molar refractivity (Wildman–Crippen MR) is 118 cm³/mol. The topological polar surface area (TPSA) is 33.5 Å². The SMILES string of the molecule is CC(C)(C)C1CCC2(CC1)SCC(=O)N2c1ccc2c(c1)oc1ccccc12. The van der Waals surface area contributed by atoms with Crippen molar-refractivity contribution in [3.8, 4) is 0 Å². The van der Waals surface area contributed by atoms with Gasteiger partial charge in [-0.3, -0.25) is 9.69 Å². The highest BCUT2D eigenvalue weighted by molar-refractivity contribution is 8.02. The maximum Gasteiger partial charge on any atom is 0.238 e. The van der Waals surface area contributed by atoms with Gasteiger partial charge in [0.2, 0.25) is 5.91 Å². The Kier molecular flexibility index (Phi) is 4.06. The molecule has 2 heterocycles. The summed E-state index contributed by atoms with van der Waals surface area (Å²) >= 11 is 1.85. The van der Waals surface area contributed by atoms with Crippen molar-refractivity contribution in [2.75, 3.05) is 10.7 Å². The number of thioether (sulfide) groups is 1. The molecular formula is C24H27NO2S. The highest BCUT2D eigenvalue weighted by Crippen LogP contribution is 2.53. The van der Waals surface area contributed by atoms with E-state index in [2.05, 4.69) is 49.9 Å². The fourth-order valence-corrected chi connectivity index (χ4v) is 6.47. The lowest BCUT2D eigenvalue weighted by Crippen LogP contribution is -2.48. The second-order valence-electron chi connectivity index (χ2n) is 9.38. The van der Waals surface area contributed by atoms with E-state index in [0.717, 1.165) is 46.4 Å². The van der Waals surface area contributed by atoms with Gasteiger partial charge in [0, 0.05) is 22.5 Å². The Hall–Kier alpha value is -1.94. The third-order valence-electron chi connectivity index (χ3n) is 6.73. The first-order chi connectivity index (χ1) is 13.4. The molecule has 0 bridgehead atoms. The third kappa shape index (κ3) is 2.76. The monoisotopic (exact) mass is 393 g/mol. The Bertz CT molecular complexity index is 1050. The van der Waals surface area contributed by atoms with Gasteiger partial charge in [0.1, 0.15) is 11.2 Å². The molecule has 1 aliphatic carbocycles. The quantitative estimate of drug-likeness (QED) is 0.467.